The number of benzene rings is 3. The topological polar surface area (TPSA) is 88.5 Å². The van der Waals surface area contributed by atoms with Gasteiger partial charge in [-0.05, 0) is 66.2 Å². The third kappa shape index (κ3) is 4.92. The van der Waals surface area contributed by atoms with E-state index in [0.717, 1.165) is 21.4 Å². The van der Waals surface area contributed by atoms with Crippen LogP contribution < -0.4 is 15.1 Å². The van der Waals surface area contributed by atoms with Crippen molar-refractivity contribution in [3.05, 3.63) is 107 Å². The summed E-state index contributed by atoms with van der Waals surface area (Å²) >= 11 is 17.6. The van der Waals surface area contributed by atoms with Crippen LogP contribution in [0.3, 0.4) is 0 Å². The zero-order valence-electron chi connectivity index (χ0n) is 20.3. The second kappa shape index (κ2) is 10.8. The molecule has 202 valence electrons. The van der Waals surface area contributed by atoms with Crippen LogP contribution in [0.5, 0.6) is 0 Å². The van der Waals surface area contributed by atoms with Gasteiger partial charge in [0.05, 0.1) is 16.6 Å². The Balaban J connectivity index is 1.40. The van der Waals surface area contributed by atoms with Crippen LogP contribution >= 0.6 is 62.2 Å². The van der Waals surface area contributed by atoms with Crippen molar-refractivity contribution < 1.29 is 14.4 Å². The molecule has 3 aromatic carbocycles. The normalized spacial score (nSPS) is 19.9. The van der Waals surface area contributed by atoms with E-state index in [0.29, 0.717) is 31.3 Å². The number of thioether (sulfide) groups is 1. The van der Waals surface area contributed by atoms with E-state index < -0.39 is 23.0 Å². The molecule has 1 N–H and O–H groups in total. The highest BCUT2D eigenvalue weighted by atomic mass is 79.9. The predicted molar refractivity (Wildman–Crippen MR) is 162 cm³/mol. The maximum atomic E-state index is 13.9. The van der Waals surface area contributed by atoms with Crippen LogP contribution in [-0.2, 0) is 20.9 Å². The molecule has 2 aliphatic heterocycles. The third-order valence-corrected chi connectivity index (χ3v) is 10.4. The third-order valence-electron chi connectivity index (χ3n) is 6.79. The van der Waals surface area contributed by atoms with Crippen LogP contribution in [0, 0.1) is 5.92 Å². The molecule has 40 heavy (non-hydrogen) atoms. The first-order valence-electron chi connectivity index (χ1n) is 12.1. The van der Waals surface area contributed by atoms with Crippen molar-refractivity contribution in [3.8, 4) is 0 Å². The van der Waals surface area contributed by atoms with Crippen LogP contribution in [0.1, 0.15) is 16.4 Å². The summed E-state index contributed by atoms with van der Waals surface area (Å²) in [5.74, 6) is -2.38. The fourth-order valence-corrected chi connectivity index (χ4v) is 8.30. The Kier molecular flexibility index (Phi) is 7.39. The zero-order valence-corrected chi connectivity index (χ0v) is 25.1. The lowest BCUT2D eigenvalue weighted by Crippen LogP contribution is -2.33. The van der Waals surface area contributed by atoms with E-state index in [9.17, 15) is 19.2 Å². The maximum absolute atomic E-state index is 13.9. The average Bonchev–Trinajstić information content (AvgIpc) is 3.37. The number of imide groups is 1. The van der Waals surface area contributed by atoms with Crippen LogP contribution in [0.25, 0.3) is 0 Å². The SMILES string of the molecule is O=C(Cn1c2c(sc1=O)[C@@H](c1ccc(Cl)cc1)[C@H]1C(=O)N(c3ccc(Br)cc3)C(=O)[C@H]1S2)Nc1ccc(Cl)cc1. The van der Waals surface area contributed by atoms with Crippen molar-refractivity contribution in [2.75, 3.05) is 10.2 Å². The number of carbonyl (C=O) groups excluding carboxylic acids is 3. The van der Waals surface area contributed by atoms with Crippen molar-refractivity contribution in [3.63, 3.8) is 0 Å². The summed E-state index contributed by atoms with van der Waals surface area (Å²) in [6, 6.07) is 20.7. The van der Waals surface area contributed by atoms with Crippen LogP contribution in [-0.4, -0.2) is 27.5 Å². The van der Waals surface area contributed by atoms with Crippen LogP contribution in [0.4, 0.5) is 11.4 Å². The fraction of sp³-hybridized carbons (Fsp3) is 0.143. The van der Waals surface area contributed by atoms with Gasteiger partial charge in [-0.25, -0.2) is 4.90 Å². The molecule has 1 fully saturated rings. The molecule has 3 amide bonds. The number of amides is 3. The molecule has 4 aromatic rings. The largest absolute Gasteiger partial charge is 0.325 e. The molecule has 6 rings (SSSR count). The number of carbonyl (C=O) groups is 3. The average molecular weight is 675 g/mol. The fourth-order valence-electron chi connectivity index (χ4n) is 5.01. The Bertz CT molecular complexity index is 1710. The number of anilines is 2. The highest BCUT2D eigenvalue weighted by Gasteiger charge is 2.56. The molecule has 12 heteroatoms. The van der Waals surface area contributed by atoms with Gasteiger partial charge in [0.15, 0.2) is 0 Å². The number of nitrogens with zero attached hydrogens (tertiary/aromatic N) is 2. The summed E-state index contributed by atoms with van der Waals surface area (Å²) in [6.07, 6.45) is 0. The minimum atomic E-state index is -0.774. The van der Waals surface area contributed by atoms with Gasteiger partial charge in [-0.2, -0.15) is 0 Å². The summed E-state index contributed by atoms with van der Waals surface area (Å²) < 4.78 is 2.21. The Hall–Kier alpha value is -2.89. The molecular weight excluding hydrogens is 657 g/mol. The molecular formula is C28H18BrCl2N3O4S2. The molecule has 3 heterocycles. The van der Waals surface area contributed by atoms with E-state index in [1.54, 1.807) is 60.7 Å². The summed E-state index contributed by atoms with van der Waals surface area (Å²) in [5, 5.41) is 3.58. The number of nitrogens with one attached hydrogen (secondary N) is 1. The van der Waals surface area contributed by atoms with E-state index in [-0.39, 0.29) is 23.2 Å². The van der Waals surface area contributed by atoms with Gasteiger partial charge in [0.2, 0.25) is 17.7 Å². The second-order valence-electron chi connectivity index (χ2n) is 9.26. The number of hydrogen-bond donors (Lipinski definition) is 1. The number of hydrogen-bond acceptors (Lipinski definition) is 6. The second-order valence-corrected chi connectivity index (χ2v) is 13.2. The molecule has 1 aromatic heterocycles. The van der Waals surface area contributed by atoms with Gasteiger partial charge in [-0.1, -0.05) is 74.4 Å². The maximum Gasteiger partial charge on any atom is 0.308 e. The molecule has 0 spiro atoms. The molecule has 2 aliphatic rings. The highest BCUT2D eigenvalue weighted by Crippen LogP contribution is 2.54. The van der Waals surface area contributed by atoms with E-state index in [4.69, 9.17) is 23.2 Å². The predicted octanol–water partition coefficient (Wildman–Crippen LogP) is 6.41. The quantitative estimate of drug-likeness (QED) is 0.247. The van der Waals surface area contributed by atoms with Gasteiger partial charge >= 0.3 is 4.87 Å². The summed E-state index contributed by atoms with van der Waals surface area (Å²) in [7, 11) is 0. The standard InChI is InChI=1S/C28H18BrCl2N3O4S2/c29-15-3-11-19(12-4-15)34-25(36)22-21(14-1-5-16(30)6-2-14)24-27(39-23(22)26(34)37)33(28(38)40-24)13-20(35)32-18-9-7-17(31)8-10-18/h1-12,21-23H,13H2,(H,32,35)/t21-,22+,23-/m0/s1. The lowest BCUT2D eigenvalue weighted by Gasteiger charge is -2.30. The van der Waals surface area contributed by atoms with E-state index in [2.05, 4.69) is 21.2 Å². The van der Waals surface area contributed by atoms with Gasteiger partial charge in [-0.3, -0.25) is 23.7 Å². The lowest BCUT2D eigenvalue weighted by atomic mass is 9.83. The summed E-state index contributed by atoms with van der Waals surface area (Å²) in [4.78, 5) is 55.4. The molecule has 0 bridgehead atoms. The molecule has 7 nitrogen and oxygen atoms in total. The van der Waals surface area contributed by atoms with Gasteiger partial charge in [0.25, 0.3) is 0 Å². The van der Waals surface area contributed by atoms with E-state index in [1.807, 2.05) is 12.1 Å². The van der Waals surface area contributed by atoms with E-state index >= 15 is 0 Å². The number of thiazole rings is 1. The zero-order chi connectivity index (χ0) is 28.1. The number of fused-ring (bicyclic) bond motifs is 2. The molecule has 0 saturated carbocycles. The minimum absolute atomic E-state index is 0.246. The van der Waals surface area contributed by atoms with E-state index in [1.165, 1.54) is 21.2 Å². The van der Waals surface area contributed by atoms with Crippen molar-refractivity contribution in [1.29, 1.82) is 0 Å². The molecule has 1 saturated heterocycles. The summed E-state index contributed by atoms with van der Waals surface area (Å²) in [6.45, 7) is -0.246. The monoisotopic (exact) mass is 673 g/mol. The molecule has 0 unspecified atom stereocenters. The molecule has 0 radical (unpaired) electrons. The Morgan fingerprint density at radius 2 is 1.50 bits per heavy atom. The smallest absolute Gasteiger partial charge is 0.308 e. The highest BCUT2D eigenvalue weighted by molar-refractivity contribution is 9.10. The first-order valence-corrected chi connectivity index (χ1v) is 15.3. The van der Waals surface area contributed by atoms with Crippen molar-refractivity contribution in [1.82, 2.24) is 4.57 Å². The van der Waals surface area contributed by atoms with Crippen LogP contribution in [0.2, 0.25) is 10.0 Å². The van der Waals surface area contributed by atoms with Crippen LogP contribution in [0.15, 0.2) is 87.1 Å². The molecule has 3 atom stereocenters. The minimum Gasteiger partial charge on any atom is -0.325 e. The van der Waals surface area contributed by atoms with Gasteiger partial charge < -0.3 is 5.32 Å². The summed E-state index contributed by atoms with van der Waals surface area (Å²) in [5.41, 5.74) is 1.78. The van der Waals surface area contributed by atoms with Gasteiger partial charge in [0, 0.05) is 31.0 Å². The number of rotatable bonds is 5. The Morgan fingerprint density at radius 1 is 0.875 bits per heavy atom. The number of halogens is 3. The van der Waals surface area contributed by atoms with Gasteiger partial charge in [-0.15, -0.1) is 0 Å². The molecule has 0 aliphatic carbocycles. The first-order chi connectivity index (χ1) is 19.2. The van der Waals surface area contributed by atoms with Crippen molar-refractivity contribution in [2.24, 2.45) is 5.92 Å². The van der Waals surface area contributed by atoms with Crippen molar-refractivity contribution in [2.45, 2.75) is 22.7 Å². The lowest BCUT2D eigenvalue weighted by molar-refractivity contribution is -0.122. The van der Waals surface area contributed by atoms with Crippen molar-refractivity contribution >= 4 is 91.3 Å². The Morgan fingerprint density at radius 3 is 2.15 bits per heavy atom. The number of aromatic nitrogens is 1. The Labute approximate surface area is 255 Å². The van der Waals surface area contributed by atoms with Gasteiger partial charge in [0.1, 0.15) is 11.8 Å². The first kappa shape index (κ1) is 27.3.